The summed E-state index contributed by atoms with van der Waals surface area (Å²) in [4.78, 5) is 36.7. The van der Waals surface area contributed by atoms with Crippen molar-refractivity contribution in [3.63, 3.8) is 0 Å². The minimum absolute atomic E-state index is 0.220. The van der Waals surface area contributed by atoms with Crippen LogP contribution in [0.2, 0.25) is 10.0 Å². The third kappa shape index (κ3) is 4.26. The van der Waals surface area contributed by atoms with E-state index in [2.05, 4.69) is 10.6 Å². The first kappa shape index (κ1) is 19.7. The van der Waals surface area contributed by atoms with Gasteiger partial charge in [0.25, 0.3) is 11.8 Å². The van der Waals surface area contributed by atoms with E-state index in [4.69, 9.17) is 33.0 Å². The Morgan fingerprint density at radius 2 is 1.81 bits per heavy atom. The summed E-state index contributed by atoms with van der Waals surface area (Å²) in [5, 5.41) is 15.1. The largest absolute Gasteiger partial charge is 0.481 e. The number of ether oxygens (including phenoxy) is 1. The van der Waals surface area contributed by atoms with Gasteiger partial charge in [-0.05, 0) is 37.5 Å². The number of hydrogen-bond acceptors (Lipinski definition) is 4. The zero-order chi connectivity index (χ0) is 19.6. The van der Waals surface area contributed by atoms with Crippen LogP contribution >= 0.6 is 23.2 Å². The van der Waals surface area contributed by atoms with E-state index in [9.17, 15) is 14.4 Å². The highest BCUT2D eigenvalue weighted by atomic mass is 35.5. The van der Waals surface area contributed by atoms with Crippen LogP contribution in [0, 0.1) is 5.92 Å². The van der Waals surface area contributed by atoms with Gasteiger partial charge in [-0.15, -0.1) is 0 Å². The summed E-state index contributed by atoms with van der Waals surface area (Å²) in [6.07, 6.45) is 4.16. The van der Waals surface area contributed by atoms with E-state index in [1.165, 1.54) is 24.3 Å². The molecule has 1 aromatic carbocycles. The molecule has 3 N–H and O–H groups in total. The second-order valence-corrected chi connectivity index (χ2v) is 7.41. The van der Waals surface area contributed by atoms with Gasteiger partial charge in [-0.3, -0.25) is 14.4 Å². The zero-order valence-electron chi connectivity index (χ0n) is 14.2. The monoisotopic (exact) mass is 412 g/mol. The highest BCUT2D eigenvalue weighted by Gasteiger charge is 2.50. The van der Waals surface area contributed by atoms with Gasteiger partial charge >= 0.3 is 5.97 Å². The molecular formula is C18H18Cl2N2O5. The Balaban J connectivity index is 1.73. The van der Waals surface area contributed by atoms with E-state index in [1.54, 1.807) is 6.08 Å². The van der Waals surface area contributed by atoms with Gasteiger partial charge in [0.05, 0.1) is 5.92 Å². The number of hydrogen-bond donors (Lipinski definition) is 3. The van der Waals surface area contributed by atoms with Crippen molar-refractivity contribution >= 4 is 46.7 Å². The summed E-state index contributed by atoms with van der Waals surface area (Å²) in [5.41, 5.74) is -1.32. The van der Waals surface area contributed by atoms with E-state index in [0.29, 0.717) is 22.2 Å². The summed E-state index contributed by atoms with van der Waals surface area (Å²) in [6.45, 7) is 0.273. The Bertz CT molecular complexity index is 785. The average molecular weight is 413 g/mol. The highest BCUT2D eigenvalue weighted by molar-refractivity contribution is 6.35. The maximum atomic E-state index is 12.9. The predicted octanol–water partition coefficient (Wildman–Crippen LogP) is 2.63. The van der Waals surface area contributed by atoms with Gasteiger partial charge in [-0.25, -0.2) is 0 Å². The van der Waals surface area contributed by atoms with E-state index in [1.807, 2.05) is 0 Å². The summed E-state index contributed by atoms with van der Waals surface area (Å²) >= 11 is 11.9. The number of carboxylic acid groups (broad SMARTS) is 1. The maximum Gasteiger partial charge on any atom is 0.310 e. The molecule has 0 bridgehead atoms. The van der Waals surface area contributed by atoms with Crippen LogP contribution in [0.3, 0.4) is 0 Å². The molecule has 1 aromatic rings. The quantitative estimate of drug-likeness (QED) is 0.509. The van der Waals surface area contributed by atoms with Gasteiger partial charge in [0.15, 0.2) is 0 Å². The van der Waals surface area contributed by atoms with Crippen molar-refractivity contribution in [2.24, 2.45) is 5.92 Å². The minimum Gasteiger partial charge on any atom is -0.481 e. The lowest BCUT2D eigenvalue weighted by Gasteiger charge is -2.27. The molecule has 0 saturated carbocycles. The molecule has 0 spiro atoms. The van der Waals surface area contributed by atoms with E-state index < -0.39 is 35.3 Å². The van der Waals surface area contributed by atoms with Crippen molar-refractivity contribution in [2.75, 3.05) is 11.9 Å². The Hall–Kier alpha value is -2.09. The molecule has 144 valence electrons. The minimum atomic E-state index is -1.68. The molecular weight excluding hydrogens is 395 g/mol. The third-order valence-corrected chi connectivity index (χ3v) is 5.03. The van der Waals surface area contributed by atoms with Crippen molar-refractivity contribution < 1.29 is 24.2 Å². The van der Waals surface area contributed by atoms with Crippen LogP contribution in [0.4, 0.5) is 5.69 Å². The first-order chi connectivity index (χ1) is 12.8. The molecule has 1 unspecified atom stereocenters. The zero-order valence-corrected chi connectivity index (χ0v) is 15.7. The number of amides is 2. The molecule has 1 heterocycles. The van der Waals surface area contributed by atoms with Crippen LogP contribution in [-0.2, 0) is 19.1 Å². The molecule has 3 atom stereocenters. The number of aliphatic carboxylic acids is 1. The third-order valence-electron chi connectivity index (χ3n) is 4.59. The normalized spacial score (nSPS) is 26.7. The number of carbonyl (C=O) groups excluding carboxylic acids is 2. The standard InChI is InChI=1S/C18H18Cl2N2O5/c19-11-7-12(20)9-14(8-11)22-17(26)18(4-1-5-27-18)16(25)21-13-3-2-10(6-13)15(23)24/h2-3,7-10,13H,1,4-6H2,(H,21,25)(H,22,26)(H,23,24)/t10-,13+,18?/m1/s1. The van der Waals surface area contributed by atoms with E-state index in [-0.39, 0.29) is 19.4 Å². The summed E-state index contributed by atoms with van der Waals surface area (Å²) < 4.78 is 5.55. The van der Waals surface area contributed by atoms with Crippen molar-refractivity contribution in [2.45, 2.75) is 30.9 Å². The van der Waals surface area contributed by atoms with Crippen LogP contribution in [0.1, 0.15) is 19.3 Å². The molecule has 2 aliphatic rings. The average Bonchev–Trinajstić information content (AvgIpc) is 3.23. The molecule has 1 fully saturated rings. The number of nitrogens with one attached hydrogen (secondary N) is 2. The van der Waals surface area contributed by atoms with E-state index in [0.717, 1.165) is 0 Å². The summed E-state index contributed by atoms with van der Waals surface area (Å²) in [5.74, 6) is -2.82. The molecule has 2 amide bonds. The first-order valence-electron chi connectivity index (χ1n) is 8.44. The predicted molar refractivity (Wildman–Crippen MR) is 99.8 cm³/mol. The van der Waals surface area contributed by atoms with Crippen molar-refractivity contribution in [1.82, 2.24) is 5.32 Å². The highest BCUT2D eigenvalue weighted by Crippen LogP contribution is 2.30. The molecule has 1 aliphatic heterocycles. The fourth-order valence-corrected chi connectivity index (χ4v) is 3.76. The topological polar surface area (TPSA) is 105 Å². The Kier molecular flexibility index (Phi) is 5.74. The van der Waals surface area contributed by atoms with Gasteiger partial charge in [-0.1, -0.05) is 35.4 Å². The van der Waals surface area contributed by atoms with Crippen LogP contribution in [-0.4, -0.2) is 41.1 Å². The van der Waals surface area contributed by atoms with Crippen LogP contribution in [0.5, 0.6) is 0 Å². The van der Waals surface area contributed by atoms with Crippen molar-refractivity contribution in [1.29, 1.82) is 0 Å². The Morgan fingerprint density at radius 1 is 1.11 bits per heavy atom. The van der Waals surface area contributed by atoms with Gasteiger partial charge in [0.2, 0.25) is 5.60 Å². The van der Waals surface area contributed by atoms with Crippen LogP contribution in [0.25, 0.3) is 0 Å². The number of halogens is 2. The molecule has 1 aliphatic carbocycles. The number of benzene rings is 1. The number of carboxylic acids is 1. The second-order valence-electron chi connectivity index (χ2n) is 6.54. The lowest BCUT2D eigenvalue weighted by molar-refractivity contribution is -0.152. The molecule has 7 nitrogen and oxygen atoms in total. The fourth-order valence-electron chi connectivity index (χ4n) is 3.23. The van der Waals surface area contributed by atoms with Crippen molar-refractivity contribution in [3.05, 3.63) is 40.4 Å². The van der Waals surface area contributed by atoms with Gasteiger partial charge < -0.3 is 20.5 Å². The SMILES string of the molecule is O=C(O)[C@@H]1C=C[C@H](NC(=O)C2(C(=O)Nc3cc(Cl)cc(Cl)c3)CCCO2)C1. The second kappa shape index (κ2) is 7.88. The number of rotatable bonds is 5. The molecule has 27 heavy (non-hydrogen) atoms. The maximum absolute atomic E-state index is 12.9. The van der Waals surface area contributed by atoms with Gasteiger partial charge in [0.1, 0.15) is 0 Å². The number of carbonyl (C=O) groups is 3. The molecule has 9 heteroatoms. The van der Waals surface area contributed by atoms with Crippen molar-refractivity contribution in [3.8, 4) is 0 Å². The smallest absolute Gasteiger partial charge is 0.310 e. The summed E-state index contributed by atoms with van der Waals surface area (Å²) in [6, 6.07) is 4.10. The van der Waals surface area contributed by atoms with E-state index >= 15 is 0 Å². The lowest BCUT2D eigenvalue weighted by Crippen LogP contribution is -2.56. The summed E-state index contributed by atoms with van der Waals surface area (Å²) in [7, 11) is 0. The first-order valence-corrected chi connectivity index (χ1v) is 9.19. The van der Waals surface area contributed by atoms with Crippen LogP contribution in [0.15, 0.2) is 30.4 Å². The molecule has 0 aromatic heterocycles. The van der Waals surface area contributed by atoms with Gasteiger partial charge in [0, 0.05) is 28.4 Å². The molecule has 0 radical (unpaired) electrons. The Morgan fingerprint density at radius 3 is 2.37 bits per heavy atom. The molecule has 1 saturated heterocycles. The number of anilines is 1. The fraction of sp³-hybridized carbons (Fsp3) is 0.389. The Labute approximate surface area is 165 Å². The van der Waals surface area contributed by atoms with Gasteiger partial charge in [-0.2, -0.15) is 0 Å². The molecule has 3 rings (SSSR count). The lowest BCUT2D eigenvalue weighted by atomic mass is 9.96. The van der Waals surface area contributed by atoms with Crippen LogP contribution < -0.4 is 10.6 Å².